The van der Waals surface area contributed by atoms with E-state index in [-0.39, 0.29) is 6.61 Å². The zero-order chi connectivity index (χ0) is 24.8. The number of rotatable bonds is 5. The van der Waals surface area contributed by atoms with Crippen molar-refractivity contribution in [1.29, 1.82) is 0 Å². The molecule has 188 valence electrons. The van der Waals surface area contributed by atoms with Gasteiger partial charge in [0.25, 0.3) is 5.72 Å². The first kappa shape index (κ1) is 25.6. The van der Waals surface area contributed by atoms with Crippen molar-refractivity contribution in [3.63, 3.8) is 0 Å². The second-order valence-corrected chi connectivity index (χ2v) is 10.1. The molecule has 3 saturated heterocycles. The molecule has 12 heteroatoms. The number of hydrogen-bond donors (Lipinski definition) is 2. The van der Waals surface area contributed by atoms with Gasteiger partial charge in [-0.25, -0.2) is 9.59 Å². The summed E-state index contributed by atoms with van der Waals surface area (Å²) in [5.41, 5.74) is -2.76. The van der Waals surface area contributed by atoms with Crippen molar-refractivity contribution in [2.75, 3.05) is 20.3 Å². The Morgan fingerprint density at radius 3 is 2.18 bits per heavy atom. The van der Waals surface area contributed by atoms with Crippen LogP contribution in [0.25, 0.3) is 0 Å². The molecule has 0 unspecified atom stereocenters. The van der Waals surface area contributed by atoms with Gasteiger partial charge in [-0.3, -0.25) is 4.79 Å². The van der Waals surface area contributed by atoms with Gasteiger partial charge in [0.15, 0.2) is 11.6 Å². The number of carbonyl (C=O) groups is 3. The third-order valence-corrected chi connectivity index (χ3v) is 5.18. The Bertz CT molecular complexity index is 792. The van der Waals surface area contributed by atoms with E-state index in [1.807, 2.05) is 0 Å². The number of ether oxygens (including phenoxy) is 7. The molecule has 0 bridgehead atoms. The highest BCUT2D eigenvalue weighted by Crippen LogP contribution is 2.46. The molecule has 2 amide bonds. The lowest BCUT2D eigenvalue weighted by atomic mass is 10.00. The lowest BCUT2D eigenvalue weighted by Crippen LogP contribution is -2.64. The SMILES string of the molecule is COC(=O)[C@]1(NC(=O)CNC(=O)OC(C)(C)C)O[C@H]([C@H]2COC(C)(C)O2)[C@@H]2OC(C)(C)O[C@@H]21. The smallest absolute Gasteiger partial charge is 0.408 e. The largest absolute Gasteiger partial charge is 0.465 e. The van der Waals surface area contributed by atoms with Gasteiger partial charge in [0.05, 0.1) is 13.7 Å². The molecule has 0 spiro atoms. The Morgan fingerprint density at radius 1 is 0.970 bits per heavy atom. The summed E-state index contributed by atoms with van der Waals surface area (Å²) in [7, 11) is 1.17. The molecule has 3 aliphatic rings. The highest BCUT2D eigenvalue weighted by molar-refractivity contribution is 5.90. The summed E-state index contributed by atoms with van der Waals surface area (Å²) >= 11 is 0. The summed E-state index contributed by atoms with van der Waals surface area (Å²) in [6, 6.07) is 0. The molecular weight excluding hydrogens is 440 g/mol. The van der Waals surface area contributed by atoms with Gasteiger partial charge in [-0.1, -0.05) is 0 Å². The number of amides is 2. The van der Waals surface area contributed by atoms with Crippen LogP contribution in [0.2, 0.25) is 0 Å². The summed E-state index contributed by atoms with van der Waals surface area (Å²) in [6.07, 6.45) is -3.98. The van der Waals surface area contributed by atoms with Crippen LogP contribution in [0, 0.1) is 0 Å². The van der Waals surface area contributed by atoms with E-state index >= 15 is 0 Å². The Morgan fingerprint density at radius 2 is 1.64 bits per heavy atom. The standard InChI is InChI=1S/C21H34N2O10/c1-18(2,3)33-17(26)22-9-12(24)23-21(16(25)27-8)15-14(30-20(6,7)32-15)13(31-21)11-10-28-19(4,5)29-11/h11,13-15H,9-10H2,1-8H3,(H,22,26)(H,23,24)/t11-,13-,14+,15+,21-/m1/s1. The average Bonchev–Trinajstić information content (AvgIpc) is 3.28. The molecule has 0 aromatic rings. The molecule has 0 radical (unpaired) electrons. The summed E-state index contributed by atoms with van der Waals surface area (Å²) in [5.74, 6) is -3.52. The Balaban J connectivity index is 1.81. The Hall–Kier alpha value is -1.99. The quantitative estimate of drug-likeness (QED) is 0.543. The van der Waals surface area contributed by atoms with Crippen molar-refractivity contribution in [3.8, 4) is 0 Å². The fourth-order valence-electron chi connectivity index (χ4n) is 4.04. The summed E-state index contributed by atoms with van der Waals surface area (Å²) < 4.78 is 39.7. The van der Waals surface area contributed by atoms with Gasteiger partial charge in [-0.2, -0.15) is 0 Å². The predicted octanol–water partition coefficient (Wildman–Crippen LogP) is 0.567. The van der Waals surface area contributed by atoms with Crippen molar-refractivity contribution >= 4 is 18.0 Å². The van der Waals surface area contributed by atoms with Crippen LogP contribution in [-0.2, 0) is 42.7 Å². The van der Waals surface area contributed by atoms with Gasteiger partial charge in [0.1, 0.15) is 36.6 Å². The topological polar surface area (TPSA) is 140 Å². The van der Waals surface area contributed by atoms with Gasteiger partial charge < -0.3 is 43.8 Å². The first-order valence-corrected chi connectivity index (χ1v) is 10.8. The maximum absolute atomic E-state index is 13.0. The lowest BCUT2D eigenvalue weighted by molar-refractivity contribution is -0.237. The fraction of sp³-hybridized carbons (Fsp3) is 0.857. The van der Waals surface area contributed by atoms with Crippen molar-refractivity contribution in [2.45, 2.75) is 95.8 Å². The normalized spacial score (nSPS) is 34.4. The molecule has 3 heterocycles. The Labute approximate surface area is 192 Å². The number of esters is 1. The molecule has 5 atom stereocenters. The van der Waals surface area contributed by atoms with E-state index in [2.05, 4.69) is 10.6 Å². The second-order valence-electron chi connectivity index (χ2n) is 10.1. The number of alkyl carbamates (subject to hydrolysis) is 1. The molecular formula is C21H34N2O10. The molecule has 3 rings (SSSR count). The monoisotopic (exact) mass is 474 g/mol. The molecule has 12 nitrogen and oxygen atoms in total. The average molecular weight is 475 g/mol. The van der Waals surface area contributed by atoms with Crippen LogP contribution < -0.4 is 10.6 Å². The van der Waals surface area contributed by atoms with Crippen molar-refractivity contribution in [2.24, 2.45) is 0 Å². The van der Waals surface area contributed by atoms with E-state index in [1.54, 1.807) is 48.5 Å². The molecule has 0 aromatic heterocycles. The van der Waals surface area contributed by atoms with Gasteiger partial charge in [-0.15, -0.1) is 0 Å². The van der Waals surface area contributed by atoms with Crippen molar-refractivity contribution in [1.82, 2.24) is 10.6 Å². The van der Waals surface area contributed by atoms with E-state index in [0.29, 0.717) is 0 Å². The predicted molar refractivity (Wildman–Crippen MR) is 111 cm³/mol. The molecule has 0 saturated carbocycles. The third kappa shape index (κ3) is 5.57. The summed E-state index contributed by atoms with van der Waals surface area (Å²) in [4.78, 5) is 37.6. The van der Waals surface area contributed by atoms with Gasteiger partial charge in [0.2, 0.25) is 5.91 Å². The first-order valence-electron chi connectivity index (χ1n) is 10.8. The van der Waals surface area contributed by atoms with Crippen molar-refractivity contribution < 1.29 is 47.5 Å². The number of carbonyl (C=O) groups excluding carboxylic acids is 3. The van der Waals surface area contributed by atoms with Gasteiger partial charge in [-0.05, 0) is 48.5 Å². The zero-order valence-electron chi connectivity index (χ0n) is 20.3. The maximum atomic E-state index is 13.0. The Kier molecular flexibility index (Phi) is 6.72. The van der Waals surface area contributed by atoms with Gasteiger partial charge in [0, 0.05) is 0 Å². The van der Waals surface area contributed by atoms with Crippen LogP contribution in [0.1, 0.15) is 48.5 Å². The maximum Gasteiger partial charge on any atom is 0.408 e. The summed E-state index contributed by atoms with van der Waals surface area (Å²) in [6.45, 7) is 11.7. The molecule has 0 aliphatic carbocycles. The number of nitrogens with one attached hydrogen (secondary N) is 2. The van der Waals surface area contributed by atoms with E-state index in [4.69, 9.17) is 33.2 Å². The van der Waals surface area contributed by atoms with Crippen LogP contribution in [0.4, 0.5) is 4.79 Å². The second kappa shape index (κ2) is 8.66. The number of fused-ring (bicyclic) bond motifs is 1. The third-order valence-electron chi connectivity index (χ3n) is 5.18. The molecule has 3 aliphatic heterocycles. The van der Waals surface area contributed by atoms with E-state index in [0.717, 1.165) is 0 Å². The van der Waals surface area contributed by atoms with Gasteiger partial charge >= 0.3 is 12.1 Å². The van der Waals surface area contributed by atoms with E-state index < -0.39 is 71.8 Å². The zero-order valence-corrected chi connectivity index (χ0v) is 20.3. The fourth-order valence-corrected chi connectivity index (χ4v) is 4.04. The van der Waals surface area contributed by atoms with Crippen LogP contribution in [0.3, 0.4) is 0 Å². The van der Waals surface area contributed by atoms with Crippen LogP contribution >= 0.6 is 0 Å². The number of methoxy groups -OCH3 is 1. The van der Waals surface area contributed by atoms with Crippen LogP contribution in [-0.4, -0.2) is 85.5 Å². The van der Waals surface area contributed by atoms with E-state index in [1.165, 1.54) is 7.11 Å². The van der Waals surface area contributed by atoms with Crippen LogP contribution in [0.5, 0.6) is 0 Å². The molecule has 33 heavy (non-hydrogen) atoms. The van der Waals surface area contributed by atoms with E-state index in [9.17, 15) is 14.4 Å². The molecule has 2 N–H and O–H groups in total. The minimum Gasteiger partial charge on any atom is -0.465 e. The first-order chi connectivity index (χ1) is 15.1. The lowest BCUT2D eigenvalue weighted by Gasteiger charge is -2.33. The van der Waals surface area contributed by atoms with Crippen molar-refractivity contribution in [3.05, 3.63) is 0 Å². The minimum absolute atomic E-state index is 0.191. The highest BCUT2D eigenvalue weighted by Gasteiger charge is 2.70. The minimum atomic E-state index is -2.03. The summed E-state index contributed by atoms with van der Waals surface area (Å²) in [5, 5.41) is 4.88. The molecule has 3 fully saturated rings. The van der Waals surface area contributed by atoms with Crippen LogP contribution in [0.15, 0.2) is 0 Å². The molecule has 0 aromatic carbocycles. The number of hydrogen-bond acceptors (Lipinski definition) is 10. The highest BCUT2D eigenvalue weighted by atomic mass is 16.8.